The summed E-state index contributed by atoms with van der Waals surface area (Å²) in [6, 6.07) is 0.444. The van der Waals surface area contributed by atoms with Crippen LogP contribution < -0.4 is 5.73 Å². The first kappa shape index (κ1) is 13.7. The Hall–Kier alpha value is -0.680. The average molecular weight is 257 g/mol. The molecule has 0 bridgehead atoms. The van der Waals surface area contributed by atoms with E-state index in [0.29, 0.717) is 12.5 Å². The SMILES string of the molecule is NC(=O)[C@H]1CCCN1C1CCN(CCCF)CC1. The van der Waals surface area contributed by atoms with Crippen molar-refractivity contribution in [3.8, 4) is 0 Å². The molecule has 0 spiro atoms. The summed E-state index contributed by atoms with van der Waals surface area (Å²) in [7, 11) is 0. The number of nitrogens with zero attached hydrogens (tertiary/aromatic N) is 2. The van der Waals surface area contributed by atoms with Crippen LogP contribution in [0, 0.1) is 0 Å². The number of carbonyl (C=O) groups is 1. The molecule has 0 saturated carbocycles. The Morgan fingerprint density at radius 2 is 1.94 bits per heavy atom. The lowest BCUT2D eigenvalue weighted by atomic mass is 10.0. The van der Waals surface area contributed by atoms with E-state index in [2.05, 4.69) is 9.80 Å². The highest BCUT2D eigenvalue weighted by Crippen LogP contribution is 2.25. The molecule has 0 aromatic heterocycles. The summed E-state index contributed by atoms with van der Waals surface area (Å²) in [5, 5.41) is 0. The zero-order chi connectivity index (χ0) is 13.0. The number of halogens is 1. The number of hydrogen-bond donors (Lipinski definition) is 1. The van der Waals surface area contributed by atoms with Gasteiger partial charge in [-0.15, -0.1) is 0 Å². The van der Waals surface area contributed by atoms with Gasteiger partial charge in [0.2, 0.25) is 5.91 Å². The maximum absolute atomic E-state index is 12.1. The molecule has 2 saturated heterocycles. The second-order valence-corrected chi connectivity index (χ2v) is 5.41. The Morgan fingerprint density at radius 1 is 1.22 bits per heavy atom. The number of hydrogen-bond acceptors (Lipinski definition) is 3. The maximum Gasteiger partial charge on any atom is 0.234 e. The van der Waals surface area contributed by atoms with Crippen molar-refractivity contribution in [3.63, 3.8) is 0 Å². The Bertz CT molecular complexity index is 279. The normalized spacial score (nSPS) is 27.7. The van der Waals surface area contributed by atoms with Crippen molar-refractivity contribution < 1.29 is 9.18 Å². The van der Waals surface area contributed by atoms with Gasteiger partial charge < -0.3 is 10.6 Å². The van der Waals surface area contributed by atoms with Crippen LogP contribution in [0.3, 0.4) is 0 Å². The molecule has 18 heavy (non-hydrogen) atoms. The van der Waals surface area contributed by atoms with Gasteiger partial charge in [0.1, 0.15) is 0 Å². The number of primary amides is 1. The summed E-state index contributed by atoms with van der Waals surface area (Å²) in [5.74, 6) is -0.174. The minimum Gasteiger partial charge on any atom is -0.368 e. The topological polar surface area (TPSA) is 49.6 Å². The van der Waals surface area contributed by atoms with Gasteiger partial charge in [0.15, 0.2) is 0 Å². The summed E-state index contributed by atoms with van der Waals surface area (Å²) < 4.78 is 12.1. The van der Waals surface area contributed by atoms with Crippen LogP contribution in [0.4, 0.5) is 4.39 Å². The molecule has 1 atom stereocenters. The summed E-state index contributed by atoms with van der Waals surface area (Å²) >= 11 is 0. The molecule has 0 radical (unpaired) electrons. The highest BCUT2D eigenvalue weighted by Gasteiger charge is 2.35. The van der Waals surface area contributed by atoms with Gasteiger partial charge in [-0.25, -0.2) is 0 Å². The molecule has 2 heterocycles. The van der Waals surface area contributed by atoms with Crippen LogP contribution in [0.15, 0.2) is 0 Å². The van der Waals surface area contributed by atoms with Crippen molar-refractivity contribution in [1.29, 1.82) is 0 Å². The number of alkyl halides is 1. The van der Waals surface area contributed by atoms with Crippen molar-refractivity contribution in [2.75, 3.05) is 32.9 Å². The fourth-order valence-corrected chi connectivity index (χ4v) is 3.29. The number of likely N-dealkylation sites (tertiary alicyclic amines) is 2. The van der Waals surface area contributed by atoms with E-state index in [0.717, 1.165) is 51.9 Å². The van der Waals surface area contributed by atoms with Crippen LogP contribution in [0.25, 0.3) is 0 Å². The molecule has 2 fully saturated rings. The molecule has 2 N–H and O–H groups in total. The first-order chi connectivity index (χ1) is 8.72. The molecule has 0 aromatic rings. The molecule has 0 aromatic carbocycles. The molecule has 0 unspecified atom stereocenters. The highest BCUT2D eigenvalue weighted by molar-refractivity contribution is 5.80. The van der Waals surface area contributed by atoms with E-state index >= 15 is 0 Å². The molecule has 1 amide bonds. The summed E-state index contributed by atoms with van der Waals surface area (Å²) in [6.45, 7) is 3.68. The van der Waals surface area contributed by atoms with Gasteiger partial charge in [0, 0.05) is 12.6 Å². The van der Waals surface area contributed by atoms with Crippen LogP contribution in [0.5, 0.6) is 0 Å². The zero-order valence-corrected chi connectivity index (χ0v) is 11.0. The smallest absolute Gasteiger partial charge is 0.234 e. The van der Waals surface area contributed by atoms with E-state index in [4.69, 9.17) is 5.73 Å². The van der Waals surface area contributed by atoms with Gasteiger partial charge in [-0.3, -0.25) is 14.1 Å². The van der Waals surface area contributed by atoms with Crippen molar-refractivity contribution in [2.45, 2.75) is 44.2 Å². The van der Waals surface area contributed by atoms with Crippen molar-refractivity contribution in [1.82, 2.24) is 9.80 Å². The van der Waals surface area contributed by atoms with Crippen molar-refractivity contribution >= 4 is 5.91 Å². The molecular formula is C13H24FN3O. The number of piperidine rings is 1. The van der Waals surface area contributed by atoms with Gasteiger partial charge in [-0.2, -0.15) is 0 Å². The maximum atomic E-state index is 12.1. The average Bonchev–Trinajstić information content (AvgIpc) is 2.86. The monoisotopic (exact) mass is 257 g/mol. The third kappa shape index (κ3) is 3.20. The molecule has 2 rings (SSSR count). The van der Waals surface area contributed by atoms with Crippen molar-refractivity contribution in [3.05, 3.63) is 0 Å². The van der Waals surface area contributed by atoms with Crippen LogP contribution >= 0.6 is 0 Å². The predicted molar refractivity (Wildman–Crippen MR) is 69.0 cm³/mol. The van der Waals surface area contributed by atoms with Crippen LogP contribution in [-0.4, -0.2) is 60.6 Å². The quantitative estimate of drug-likeness (QED) is 0.791. The lowest BCUT2D eigenvalue weighted by molar-refractivity contribution is -0.123. The number of amides is 1. The third-order valence-electron chi connectivity index (χ3n) is 4.26. The molecule has 0 aliphatic carbocycles. The zero-order valence-electron chi connectivity index (χ0n) is 11.0. The van der Waals surface area contributed by atoms with Gasteiger partial charge >= 0.3 is 0 Å². The second kappa shape index (κ2) is 6.48. The molecular weight excluding hydrogens is 233 g/mol. The van der Waals surface area contributed by atoms with E-state index in [-0.39, 0.29) is 18.6 Å². The van der Waals surface area contributed by atoms with Crippen LogP contribution in [0.1, 0.15) is 32.1 Å². The molecule has 2 aliphatic heterocycles. The predicted octanol–water partition coefficient (Wildman–Crippen LogP) is 0.760. The largest absolute Gasteiger partial charge is 0.368 e. The lowest BCUT2D eigenvalue weighted by Gasteiger charge is -2.38. The number of nitrogens with two attached hydrogens (primary N) is 1. The van der Waals surface area contributed by atoms with E-state index in [1.54, 1.807) is 0 Å². The fourth-order valence-electron chi connectivity index (χ4n) is 3.29. The minimum absolute atomic E-state index is 0.0487. The van der Waals surface area contributed by atoms with Gasteiger partial charge in [0.05, 0.1) is 12.7 Å². The molecule has 104 valence electrons. The standard InChI is InChI=1S/C13H24FN3O/c14-6-2-7-16-9-4-11(5-10-16)17-8-1-3-12(17)13(15)18/h11-12H,1-10H2,(H2,15,18)/t12-/m1/s1. The first-order valence-electron chi connectivity index (χ1n) is 7.05. The Balaban J connectivity index is 1.80. The van der Waals surface area contributed by atoms with Crippen molar-refractivity contribution in [2.24, 2.45) is 5.73 Å². The highest BCUT2D eigenvalue weighted by atomic mass is 19.1. The summed E-state index contributed by atoms with van der Waals surface area (Å²) in [5.41, 5.74) is 5.46. The summed E-state index contributed by atoms with van der Waals surface area (Å²) in [6.07, 6.45) is 4.79. The molecule has 2 aliphatic rings. The van der Waals surface area contributed by atoms with Crippen LogP contribution in [-0.2, 0) is 4.79 Å². The van der Waals surface area contributed by atoms with Crippen LogP contribution in [0.2, 0.25) is 0 Å². The van der Waals surface area contributed by atoms with Gasteiger partial charge in [-0.1, -0.05) is 0 Å². The Kier molecular flexibility index (Phi) is 4.95. The summed E-state index contributed by atoms with van der Waals surface area (Å²) in [4.78, 5) is 16.0. The molecule has 5 heteroatoms. The Morgan fingerprint density at radius 3 is 2.56 bits per heavy atom. The first-order valence-corrected chi connectivity index (χ1v) is 7.05. The second-order valence-electron chi connectivity index (χ2n) is 5.41. The van der Waals surface area contributed by atoms with Gasteiger partial charge in [-0.05, 0) is 51.7 Å². The number of rotatable bonds is 5. The lowest BCUT2D eigenvalue weighted by Crippen LogP contribution is -2.50. The van der Waals surface area contributed by atoms with E-state index in [9.17, 15) is 9.18 Å². The third-order valence-corrected chi connectivity index (χ3v) is 4.26. The number of carbonyl (C=O) groups excluding carboxylic acids is 1. The van der Waals surface area contributed by atoms with E-state index in [1.807, 2.05) is 0 Å². The van der Waals surface area contributed by atoms with Gasteiger partial charge in [0.25, 0.3) is 0 Å². The molecule has 4 nitrogen and oxygen atoms in total. The van der Waals surface area contributed by atoms with E-state index in [1.165, 1.54) is 0 Å². The minimum atomic E-state index is -0.226. The van der Waals surface area contributed by atoms with E-state index < -0.39 is 0 Å². The fraction of sp³-hybridized carbons (Fsp3) is 0.923. The Labute approximate surface area is 108 Å².